The van der Waals surface area contributed by atoms with E-state index in [1.54, 1.807) is 18.3 Å². The number of fused-ring (bicyclic) bond motifs is 4. The van der Waals surface area contributed by atoms with Gasteiger partial charge in [0.2, 0.25) is 0 Å². The number of benzene rings is 2. The van der Waals surface area contributed by atoms with Crippen LogP contribution in [0.4, 0.5) is 0 Å². The second-order valence-corrected chi connectivity index (χ2v) is 10.5. The minimum atomic E-state index is 0.158. The van der Waals surface area contributed by atoms with Gasteiger partial charge in [0, 0.05) is 19.1 Å². The molecule has 0 spiro atoms. The predicted molar refractivity (Wildman–Crippen MR) is 133 cm³/mol. The maximum atomic E-state index is 6.04. The van der Waals surface area contributed by atoms with Crippen molar-refractivity contribution in [2.45, 2.75) is 76.4 Å². The first-order valence-corrected chi connectivity index (χ1v) is 12.6. The average molecular weight is 447 g/mol. The van der Waals surface area contributed by atoms with Gasteiger partial charge in [0.15, 0.2) is 0 Å². The summed E-state index contributed by atoms with van der Waals surface area (Å²) in [5.74, 6) is 0.981. The normalized spacial score (nSPS) is 28.3. The Kier molecular flexibility index (Phi) is 6.37. The Hall–Kier alpha value is -2.10. The fourth-order valence-corrected chi connectivity index (χ4v) is 6.99. The van der Waals surface area contributed by atoms with Gasteiger partial charge in [-0.3, -0.25) is 0 Å². The molecule has 3 heteroatoms. The number of hydrogen-bond donors (Lipinski definition) is 0. The molecule has 2 aromatic carbocycles. The smallest absolute Gasteiger partial charge is 0.119 e. The minimum Gasteiger partial charge on any atom is -0.497 e. The summed E-state index contributed by atoms with van der Waals surface area (Å²) in [7, 11) is 3.66. The number of hydrogen-bond acceptors (Lipinski definition) is 3. The first-order valence-electron chi connectivity index (χ1n) is 12.6. The zero-order chi connectivity index (χ0) is 22.9. The molecule has 3 aliphatic rings. The van der Waals surface area contributed by atoms with E-state index < -0.39 is 0 Å². The Morgan fingerprint density at radius 3 is 2.61 bits per heavy atom. The fraction of sp³-hybridized carbons (Fsp3) is 0.533. The lowest BCUT2D eigenvalue weighted by Gasteiger charge is -2.49. The van der Waals surface area contributed by atoms with Gasteiger partial charge in [-0.25, -0.2) is 0 Å². The molecule has 1 fully saturated rings. The van der Waals surface area contributed by atoms with Crippen molar-refractivity contribution in [2.75, 3.05) is 20.8 Å². The molecule has 0 heterocycles. The molecule has 1 saturated carbocycles. The van der Waals surface area contributed by atoms with Gasteiger partial charge in [0.05, 0.1) is 19.8 Å². The van der Waals surface area contributed by atoms with Crippen molar-refractivity contribution in [1.82, 2.24) is 0 Å². The van der Waals surface area contributed by atoms with Gasteiger partial charge in [0.1, 0.15) is 5.75 Å². The van der Waals surface area contributed by atoms with Gasteiger partial charge in [-0.05, 0) is 85.6 Å². The topological polar surface area (TPSA) is 27.7 Å². The molecule has 33 heavy (non-hydrogen) atoms. The van der Waals surface area contributed by atoms with Crippen LogP contribution in [0.25, 0.3) is 0 Å². The molecule has 5 rings (SSSR count). The SMILES string of the molecule is COc1ccc2c(c1)CCC1=C3CC(OC)CC3(CCCOCc3ccccc3)CCC12C. The summed E-state index contributed by atoms with van der Waals surface area (Å²) in [6.07, 6.45) is 9.75. The molecule has 176 valence electrons. The lowest BCUT2D eigenvalue weighted by molar-refractivity contribution is 0.0788. The van der Waals surface area contributed by atoms with Crippen molar-refractivity contribution >= 4 is 0 Å². The highest BCUT2D eigenvalue weighted by atomic mass is 16.5. The second-order valence-electron chi connectivity index (χ2n) is 10.5. The molecule has 2 aromatic rings. The van der Waals surface area contributed by atoms with E-state index in [2.05, 4.69) is 55.5 Å². The quantitative estimate of drug-likeness (QED) is 0.330. The van der Waals surface area contributed by atoms with Crippen LogP contribution in [0.5, 0.6) is 5.75 Å². The average Bonchev–Trinajstić information content (AvgIpc) is 3.23. The largest absolute Gasteiger partial charge is 0.497 e. The van der Waals surface area contributed by atoms with Crippen LogP contribution in [0.2, 0.25) is 0 Å². The van der Waals surface area contributed by atoms with Gasteiger partial charge < -0.3 is 14.2 Å². The molecular weight excluding hydrogens is 408 g/mol. The van der Waals surface area contributed by atoms with E-state index in [0.29, 0.717) is 18.1 Å². The molecule has 0 aromatic heterocycles. The number of aryl methyl sites for hydroxylation is 1. The first-order chi connectivity index (χ1) is 16.1. The molecule has 3 aliphatic carbocycles. The van der Waals surface area contributed by atoms with Crippen LogP contribution in [0.1, 0.15) is 68.6 Å². The molecule has 0 saturated heterocycles. The highest BCUT2D eigenvalue weighted by Gasteiger charge is 2.52. The highest BCUT2D eigenvalue weighted by Crippen LogP contribution is 2.62. The number of rotatable bonds is 8. The van der Waals surface area contributed by atoms with Crippen molar-refractivity contribution in [3.63, 3.8) is 0 Å². The zero-order valence-corrected chi connectivity index (χ0v) is 20.5. The molecule has 3 atom stereocenters. The summed E-state index contributed by atoms with van der Waals surface area (Å²) in [4.78, 5) is 0. The third kappa shape index (κ3) is 4.15. The summed E-state index contributed by atoms with van der Waals surface area (Å²) >= 11 is 0. The van der Waals surface area contributed by atoms with E-state index in [9.17, 15) is 0 Å². The number of ether oxygens (including phenoxy) is 3. The molecule has 0 N–H and O–H groups in total. The summed E-state index contributed by atoms with van der Waals surface area (Å²) in [6, 6.07) is 17.2. The predicted octanol–water partition coefficient (Wildman–Crippen LogP) is 6.78. The van der Waals surface area contributed by atoms with Gasteiger partial charge >= 0.3 is 0 Å². The molecule has 0 bridgehead atoms. The molecular formula is C30H38O3. The summed E-state index contributed by atoms with van der Waals surface area (Å²) in [5, 5.41) is 0. The van der Waals surface area contributed by atoms with Gasteiger partial charge in [-0.1, -0.05) is 54.5 Å². The summed E-state index contributed by atoms with van der Waals surface area (Å²) in [5.41, 5.74) is 8.16. The summed E-state index contributed by atoms with van der Waals surface area (Å²) in [6.45, 7) is 4.03. The van der Waals surface area contributed by atoms with Gasteiger partial charge in [-0.15, -0.1) is 0 Å². The Bertz CT molecular complexity index is 1010. The van der Waals surface area contributed by atoms with E-state index in [-0.39, 0.29) is 5.41 Å². The lowest BCUT2D eigenvalue weighted by atomic mass is 9.55. The maximum Gasteiger partial charge on any atom is 0.119 e. The van der Waals surface area contributed by atoms with E-state index in [0.717, 1.165) is 31.6 Å². The third-order valence-corrected chi connectivity index (χ3v) is 8.76. The first kappa shape index (κ1) is 22.7. The van der Waals surface area contributed by atoms with Crippen LogP contribution >= 0.6 is 0 Å². The van der Waals surface area contributed by atoms with Crippen LogP contribution < -0.4 is 4.74 Å². The van der Waals surface area contributed by atoms with Crippen LogP contribution in [-0.4, -0.2) is 26.9 Å². The summed E-state index contributed by atoms with van der Waals surface area (Å²) < 4.78 is 17.5. The highest BCUT2D eigenvalue weighted by molar-refractivity contribution is 5.52. The number of allylic oxidation sites excluding steroid dienone is 1. The van der Waals surface area contributed by atoms with Crippen molar-refractivity contribution in [2.24, 2.45) is 5.41 Å². The van der Waals surface area contributed by atoms with Crippen LogP contribution in [-0.2, 0) is 27.9 Å². The monoisotopic (exact) mass is 446 g/mol. The van der Waals surface area contributed by atoms with E-state index in [4.69, 9.17) is 14.2 Å². The van der Waals surface area contributed by atoms with Gasteiger partial charge in [-0.2, -0.15) is 0 Å². The van der Waals surface area contributed by atoms with Gasteiger partial charge in [0.25, 0.3) is 0 Å². The molecule has 0 amide bonds. The zero-order valence-electron chi connectivity index (χ0n) is 20.5. The maximum absolute atomic E-state index is 6.04. The van der Waals surface area contributed by atoms with E-state index in [1.807, 2.05) is 7.11 Å². The van der Waals surface area contributed by atoms with Crippen molar-refractivity contribution < 1.29 is 14.2 Å². The Morgan fingerprint density at radius 2 is 1.82 bits per heavy atom. The van der Waals surface area contributed by atoms with Crippen molar-refractivity contribution in [3.05, 3.63) is 76.4 Å². The van der Waals surface area contributed by atoms with E-state index >= 15 is 0 Å². The van der Waals surface area contributed by atoms with Crippen LogP contribution in [0.15, 0.2) is 59.7 Å². The third-order valence-electron chi connectivity index (χ3n) is 8.76. The van der Waals surface area contributed by atoms with Crippen LogP contribution in [0.3, 0.4) is 0 Å². The lowest BCUT2D eigenvalue weighted by Crippen LogP contribution is -2.39. The Labute approximate surface area is 199 Å². The molecule has 0 aliphatic heterocycles. The molecule has 3 unspecified atom stereocenters. The minimum absolute atomic E-state index is 0.158. The van der Waals surface area contributed by atoms with Crippen LogP contribution in [0, 0.1) is 5.41 Å². The molecule has 0 radical (unpaired) electrons. The standard InChI is InChI=1S/C30H38O3/c1-29-15-16-30(14-7-17-33-21-22-8-5-4-6-9-22)20-25(32-3)19-28(30)27(29)12-10-23-18-24(31-2)11-13-26(23)29/h4-6,8-9,11,13,18,25H,7,10,12,14-17,19-21H2,1-3H3. The Balaban J connectivity index is 1.35. The molecule has 3 nitrogen and oxygen atoms in total. The van der Waals surface area contributed by atoms with E-state index in [1.165, 1.54) is 48.8 Å². The second kappa shape index (κ2) is 9.27. The van der Waals surface area contributed by atoms with Crippen molar-refractivity contribution in [3.8, 4) is 5.75 Å². The Morgan fingerprint density at radius 1 is 0.970 bits per heavy atom. The fourth-order valence-electron chi connectivity index (χ4n) is 6.99. The van der Waals surface area contributed by atoms with Crippen molar-refractivity contribution in [1.29, 1.82) is 0 Å². The number of methoxy groups -OCH3 is 2.